The molecule has 8 nitrogen and oxygen atoms in total. The third-order valence-corrected chi connectivity index (χ3v) is 10.4. The Labute approximate surface area is 236 Å². The third kappa shape index (κ3) is 4.79. The molecule has 1 aromatic carbocycles. The number of aromatic nitrogens is 1. The third-order valence-electron chi connectivity index (χ3n) is 10.4. The molecule has 3 fully saturated rings. The minimum atomic E-state index is -0.577. The van der Waals surface area contributed by atoms with Crippen LogP contribution in [0.25, 0.3) is 0 Å². The van der Waals surface area contributed by atoms with Gasteiger partial charge in [0.05, 0.1) is 6.10 Å². The fourth-order valence-corrected chi connectivity index (χ4v) is 7.87. The summed E-state index contributed by atoms with van der Waals surface area (Å²) in [7, 11) is 0. The number of nitrogens with zero attached hydrogens (tertiary/aromatic N) is 4. The molecule has 8 heteroatoms. The molecule has 2 amide bonds. The molecular formula is C32H41N5O3. The Morgan fingerprint density at radius 3 is 2.58 bits per heavy atom. The number of rotatable bonds is 6. The average molecular weight is 544 g/mol. The molecule has 212 valence electrons. The number of carbonyl (C=O) groups is 2. The average Bonchev–Trinajstić information content (AvgIpc) is 3.71. The number of nitrogens with one attached hydrogen (secondary N) is 1. The van der Waals surface area contributed by atoms with E-state index < -0.39 is 6.10 Å². The van der Waals surface area contributed by atoms with Crippen LogP contribution in [0.4, 0.5) is 5.82 Å². The lowest BCUT2D eigenvalue weighted by Crippen LogP contribution is -2.52. The molecule has 2 aromatic rings. The molecule has 1 saturated heterocycles. The number of piperidine rings is 1. The molecule has 7 rings (SSSR count). The van der Waals surface area contributed by atoms with E-state index in [2.05, 4.69) is 34.5 Å². The first kappa shape index (κ1) is 26.0. The van der Waals surface area contributed by atoms with Gasteiger partial charge in [-0.25, -0.2) is 4.98 Å². The number of carbonyl (C=O) groups excluding carboxylic acids is 2. The molecule has 0 unspecified atom stereocenters. The van der Waals surface area contributed by atoms with Crippen molar-refractivity contribution < 1.29 is 14.7 Å². The van der Waals surface area contributed by atoms with Crippen LogP contribution in [0.3, 0.4) is 0 Å². The van der Waals surface area contributed by atoms with E-state index in [1.165, 1.54) is 11.1 Å². The van der Waals surface area contributed by atoms with Crippen LogP contribution in [-0.4, -0.2) is 88.0 Å². The highest BCUT2D eigenvalue weighted by Crippen LogP contribution is 2.53. The Hall–Kier alpha value is -2.97. The van der Waals surface area contributed by atoms with Crippen LogP contribution in [-0.2, 0) is 23.2 Å². The first-order chi connectivity index (χ1) is 19.3. The van der Waals surface area contributed by atoms with Gasteiger partial charge in [0.25, 0.3) is 5.91 Å². The van der Waals surface area contributed by atoms with Gasteiger partial charge in [-0.05, 0) is 73.1 Å². The summed E-state index contributed by atoms with van der Waals surface area (Å²) in [4.78, 5) is 36.3. The maximum Gasteiger partial charge on any atom is 0.254 e. The first-order valence-corrected chi connectivity index (χ1v) is 15.1. The Morgan fingerprint density at radius 1 is 1.10 bits per heavy atom. The van der Waals surface area contributed by atoms with Gasteiger partial charge in [-0.2, -0.15) is 0 Å². The van der Waals surface area contributed by atoms with Crippen molar-refractivity contribution in [1.82, 2.24) is 19.7 Å². The lowest BCUT2D eigenvalue weighted by Gasteiger charge is -2.52. The molecular weight excluding hydrogens is 502 g/mol. The summed E-state index contributed by atoms with van der Waals surface area (Å²) in [5.74, 6) is 0.972. The van der Waals surface area contributed by atoms with Crippen molar-refractivity contribution in [3.8, 4) is 0 Å². The quantitative estimate of drug-likeness (QED) is 0.582. The number of amides is 2. The Bertz CT molecular complexity index is 1310. The van der Waals surface area contributed by atoms with Crippen molar-refractivity contribution in [2.45, 2.75) is 76.0 Å². The minimum absolute atomic E-state index is 0.00374. The number of anilines is 1. The number of likely N-dealkylation sites (tertiary alicyclic amines) is 1. The normalized spacial score (nSPS) is 23.9. The Kier molecular flexibility index (Phi) is 6.39. The fraction of sp³-hybridized carbons (Fsp3) is 0.594. The largest absolute Gasteiger partial charge is 0.390 e. The summed E-state index contributed by atoms with van der Waals surface area (Å²) in [6.45, 7) is 6.80. The summed E-state index contributed by atoms with van der Waals surface area (Å²) in [6.07, 6.45) is 8.83. The van der Waals surface area contributed by atoms with E-state index in [-0.39, 0.29) is 17.2 Å². The predicted molar refractivity (Wildman–Crippen MR) is 153 cm³/mol. The van der Waals surface area contributed by atoms with Crippen LogP contribution in [0.2, 0.25) is 0 Å². The summed E-state index contributed by atoms with van der Waals surface area (Å²) in [5.41, 5.74) is 4.93. The van der Waals surface area contributed by atoms with Gasteiger partial charge in [0.2, 0.25) is 5.91 Å². The standard InChI is InChI=1S/C32H41N5O3/c1-22(38)36-12-9-31(10-13-36)15-25(16-31)34-29-14-27-28(17-33-29)32(7-8-32)21-37(30(27)40)20-26(39)19-35-11-6-23-4-2-3-5-24(23)18-35/h2-5,14,17,25-26,39H,6-13,15-16,18-21H2,1H3,(H,33,34)/t26-/m1/s1. The van der Waals surface area contributed by atoms with Gasteiger partial charge in [0.15, 0.2) is 0 Å². The van der Waals surface area contributed by atoms with Gasteiger partial charge in [-0.15, -0.1) is 0 Å². The van der Waals surface area contributed by atoms with Crippen molar-refractivity contribution in [3.05, 3.63) is 58.8 Å². The number of pyridine rings is 1. The number of aliphatic hydroxyl groups is 1. The topological polar surface area (TPSA) is 89.0 Å². The molecule has 3 aliphatic heterocycles. The van der Waals surface area contributed by atoms with E-state index in [9.17, 15) is 14.7 Å². The van der Waals surface area contributed by atoms with Gasteiger partial charge in [-0.3, -0.25) is 14.5 Å². The minimum Gasteiger partial charge on any atom is -0.390 e. The zero-order chi connectivity index (χ0) is 27.5. The van der Waals surface area contributed by atoms with Crippen molar-refractivity contribution in [2.24, 2.45) is 5.41 Å². The number of hydrogen-bond acceptors (Lipinski definition) is 6. The zero-order valence-electron chi connectivity index (χ0n) is 23.6. The van der Waals surface area contributed by atoms with E-state index in [0.29, 0.717) is 31.1 Å². The van der Waals surface area contributed by atoms with E-state index in [1.54, 1.807) is 6.92 Å². The Balaban J connectivity index is 0.980. The predicted octanol–water partition coefficient (Wildman–Crippen LogP) is 3.19. The SMILES string of the molecule is CC(=O)N1CCC2(CC1)CC(Nc1cc3c(cn1)C1(CC1)CN(C[C@H](O)CN1CCc4ccccc4C1)C3=O)C2. The highest BCUT2D eigenvalue weighted by Gasteiger charge is 2.52. The number of hydrogen-bond donors (Lipinski definition) is 2. The highest BCUT2D eigenvalue weighted by molar-refractivity contribution is 5.98. The first-order valence-electron chi connectivity index (χ1n) is 15.1. The van der Waals surface area contributed by atoms with E-state index in [4.69, 9.17) is 4.98 Å². The monoisotopic (exact) mass is 543 g/mol. The van der Waals surface area contributed by atoms with Crippen molar-refractivity contribution in [2.75, 3.05) is 44.6 Å². The second-order valence-corrected chi connectivity index (χ2v) is 13.2. The van der Waals surface area contributed by atoms with Gasteiger partial charge in [-0.1, -0.05) is 24.3 Å². The van der Waals surface area contributed by atoms with Crippen molar-refractivity contribution in [3.63, 3.8) is 0 Å². The van der Waals surface area contributed by atoms with Gasteiger partial charge in [0, 0.05) is 76.0 Å². The second-order valence-electron chi connectivity index (χ2n) is 13.2. The lowest BCUT2D eigenvalue weighted by molar-refractivity contribution is -0.132. The number of benzene rings is 1. The maximum atomic E-state index is 13.7. The fourth-order valence-electron chi connectivity index (χ4n) is 7.87. The van der Waals surface area contributed by atoms with Crippen LogP contribution in [0, 0.1) is 5.41 Å². The zero-order valence-corrected chi connectivity index (χ0v) is 23.6. The van der Waals surface area contributed by atoms with Crippen LogP contribution in [0.15, 0.2) is 36.5 Å². The molecule has 0 radical (unpaired) electrons. The number of fused-ring (bicyclic) bond motifs is 3. The lowest BCUT2D eigenvalue weighted by atomic mass is 9.60. The van der Waals surface area contributed by atoms with Crippen molar-refractivity contribution in [1.29, 1.82) is 0 Å². The van der Waals surface area contributed by atoms with E-state index in [0.717, 1.165) is 88.1 Å². The van der Waals surface area contributed by atoms with Gasteiger partial charge < -0.3 is 20.2 Å². The molecule has 1 aromatic heterocycles. The molecule has 5 aliphatic rings. The highest BCUT2D eigenvalue weighted by atomic mass is 16.3. The van der Waals surface area contributed by atoms with Crippen LogP contribution in [0.1, 0.15) is 72.5 Å². The van der Waals surface area contributed by atoms with Crippen molar-refractivity contribution >= 4 is 17.6 Å². The van der Waals surface area contributed by atoms with Crippen LogP contribution < -0.4 is 5.32 Å². The van der Waals surface area contributed by atoms with E-state index >= 15 is 0 Å². The smallest absolute Gasteiger partial charge is 0.254 e. The van der Waals surface area contributed by atoms with Crippen LogP contribution >= 0.6 is 0 Å². The number of β-amino-alcohol motifs (C(OH)–C–C–N with tert-alkyl or cyclic N) is 1. The van der Waals surface area contributed by atoms with Crippen LogP contribution in [0.5, 0.6) is 0 Å². The molecule has 0 bridgehead atoms. The summed E-state index contributed by atoms with van der Waals surface area (Å²) in [6, 6.07) is 10.9. The second kappa shape index (κ2) is 9.84. The molecule has 2 saturated carbocycles. The molecule has 40 heavy (non-hydrogen) atoms. The maximum absolute atomic E-state index is 13.7. The molecule has 2 spiro atoms. The number of aliphatic hydroxyl groups excluding tert-OH is 1. The van der Waals surface area contributed by atoms with E-state index in [1.807, 2.05) is 22.1 Å². The molecule has 1 atom stereocenters. The molecule has 2 aliphatic carbocycles. The Morgan fingerprint density at radius 2 is 1.85 bits per heavy atom. The summed E-state index contributed by atoms with van der Waals surface area (Å²) < 4.78 is 0. The van der Waals surface area contributed by atoms with Gasteiger partial charge >= 0.3 is 0 Å². The summed E-state index contributed by atoms with van der Waals surface area (Å²) in [5, 5.41) is 14.7. The summed E-state index contributed by atoms with van der Waals surface area (Å²) >= 11 is 0. The molecule has 4 heterocycles. The molecule has 2 N–H and O–H groups in total. The van der Waals surface area contributed by atoms with Gasteiger partial charge in [0.1, 0.15) is 5.82 Å².